The van der Waals surface area contributed by atoms with Crippen molar-refractivity contribution >= 4 is 17.2 Å². The van der Waals surface area contributed by atoms with Gasteiger partial charge in [0, 0.05) is 10.4 Å². The van der Waals surface area contributed by atoms with E-state index < -0.39 is 0 Å². The monoisotopic (exact) mass is 232 g/mol. The molecule has 0 radical (unpaired) electrons. The lowest BCUT2D eigenvalue weighted by atomic mass is 10.0. The Morgan fingerprint density at radius 2 is 1.81 bits per heavy atom. The standard InChI is InChI=1S/C13H16N2S/c1-8(2)10-4-6-11(7-5-10)13-15-12(14)9(3)16-13/h4-8H,14H2,1-3H3. The second-order valence-electron chi connectivity index (χ2n) is 4.24. The van der Waals surface area contributed by atoms with E-state index >= 15 is 0 Å². The third-order valence-corrected chi connectivity index (χ3v) is 3.69. The second-order valence-corrected chi connectivity index (χ2v) is 5.44. The van der Waals surface area contributed by atoms with Crippen LogP contribution in [0.1, 0.15) is 30.2 Å². The Morgan fingerprint density at radius 3 is 2.25 bits per heavy atom. The zero-order chi connectivity index (χ0) is 11.7. The molecule has 16 heavy (non-hydrogen) atoms. The molecule has 0 saturated carbocycles. The van der Waals surface area contributed by atoms with Crippen molar-refractivity contribution in [3.8, 4) is 10.6 Å². The molecule has 2 rings (SSSR count). The molecule has 0 fully saturated rings. The first-order valence-electron chi connectivity index (χ1n) is 5.41. The van der Waals surface area contributed by atoms with Crippen LogP contribution < -0.4 is 5.73 Å². The molecule has 0 atom stereocenters. The molecule has 0 bridgehead atoms. The Kier molecular flexibility index (Phi) is 2.97. The highest BCUT2D eigenvalue weighted by molar-refractivity contribution is 7.15. The summed E-state index contributed by atoms with van der Waals surface area (Å²) in [4.78, 5) is 5.44. The Morgan fingerprint density at radius 1 is 1.19 bits per heavy atom. The second kappa shape index (κ2) is 4.26. The highest BCUT2D eigenvalue weighted by Crippen LogP contribution is 2.29. The Labute approximate surface area is 100 Å². The van der Waals surface area contributed by atoms with Crippen molar-refractivity contribution in [2.45, 2.75) is 26.7 Å². The third kappa shape index (κ3) is 2.09. The summed E-state index contributed by atoms with van der Waals surface area (Å²) < 4.78 is 0. The van der Waals surface area contributed by atoms with E-state index in [9.17, 15) is 0 Å². The molecule has 84 valence electrons. The first-order chi connectivity index (χ1) is 7.58. The van der Waals surface area contributed by atoms with Crippen molar-refractivity contribution in [3.05, 3.63) is 34.7 Å². The van der Waals surface area contributed by atoms with Crippen LogP contribution in [0.3, 0.4) is 0 Å². The van der Waals surface area contributed by atoms with Crippen molar-refractivity contribution in [2.24, 2.45) is 0 Å². The summed E-state index contributed by atoms with van der Waals surface area (Å²) >= 11 is 1.65. The van der Waals surface area contributed by atoms with Gasteiger partial charge in [-0.25, -0.2) is 4.98 Å². The highest BCUT2D eigenvalue weighted by Gasteiger charge is 2.07. The van der Waals surface area contributed by atoms with Gasteiger partial charge < -0.3 is 5.73 Å². The molecule has 2 nitrogen and oxygen atoms in total. The number of hydrogen-bond acceptors (Lipinski definition) is 3. The molecule has 3 heteroatoms. The van der Waals surface area contributed by atoms with Gasteiger partial charge in [0.1, 0.15) is 10.8 Å². The van der Waals surface area contributed by atoms with Gasteiger partial charge in [-0.3, -0.25) is 0 Å². The van der Waals surface area contributed by atoms with Crippen molar-refractivity contribution in [1.82, 2.24) is 4.98 Å². The van der Waals surface area contributed by atoms with Crippen LogP contribution in [-0.2, 0) is 0 Å². The lowest BCUT2D eigenvalue weighted by Gasteiger charge is -2.05. The van der Waals surface area contributed by atoms with Gasteiger partial charge in [0.15, 0.2) is 0 Å². The third-order valence-electron chi connectivity index (χ3n) is 2.66. The molecule has 1 aromatic heterocycles. The summed E-state index contributed by atoms with van der Waals surface area (Å²) in [6.07, 6.45) is 0. The topological polar surface area (TPSA) is 38.9 Å². The lowest BCUT2D eigenvalue weighted by molar-refractivity contribution is 0.867. The van der Waals surface area contributed by atoms with Crippen molar-refractivity contribution in [1.29, 1.82) is 0 Å². The summed E-state index contributed by atoms with van der Waals surface area (Å²) in [6.45, 7) is 6.39. The Hall–Kier alpha value is -1.35. The SMILES string of the molecule is Cc1sc(-c2ccc(C(C)C)cc2)nc1N. The van der Waals surface area contributed by atoms with Gasteiger partial charge in [0.2, 0.25) is 0 Å². The number of nitrogens with zero attached hydrogens (tertiary/aromatic N) is 1. The average Bonchev–Trinajstić information content (AvgIpc) is 2.59. The fraction of sp³-hybridized carbons (Fsp3) is 0.308. The van der Waals surface area contributed by atoms with Gasteiger partial charge in [-0.15, -0.1) is 11.3 Å². The van der Waals surface area contributed by atoms with Gasteiger partial charge >= 0.3 is 0 Å². The summed E-state index contributed by atoms with van der Waals surface area (Å²) in [5.41, 5.74) is 8.25. The minimum Gasteiger partial charge on any atom is -0.383 e. The maximum absolute atomic E-state index is 5.76. The summed E-state index contributed by atoms with van der Waals surface area (Å²) in [5.74, 6) is 1.21. The molecular weight excluding hydrogens is 216 g/mol. The molecule has 0 aliphatic heterocycles. The zero-order valence-electron chi connectivity index (χ0n) is 9.82. The van der Waals surface area contributed by atoms with Crippen molar-refractivity contribution in [2.75, 3.05) is 5.73 Å². The number of aryl methyl sites for hydroxylation is 1. The van der Waals surface area contributed by atoms with Crippen LogP contribution in [0, 0.1) is 6.92 Å². The quantitative estimate of drug-likeness (QED) is 0.854. The smallest absolute Gasteiger partial charge is 0.138 e. The van der Waals surface area contributed by atoms with E-state index in [-0.39, 0.29) is 0 Å². The number of rotatable bonds is 2. The van der Waals surface area contributed by atoms with E-state index in [0.29, 0.717) is 11.7 Å². The van der Waals surface area contributed by atoms with Crippen LogP contribution in [0.2, 0.25) is 0 Å². The van der Waals surface area contributed by atoms with Crippen molar-refractivity contribution in [3.63, 3.8) is 0 Å². The fourth-order valence-corrected chi connectivity index (χ4v) is 2.38. The number of benzene rings is 1. The summed E-state index contributed by atoms with van der Waals surface area (Å²) in [6, 6.07) is 8.56. The molecule has 0 saturated heterocycles. The minimum atomic E-state index is 0.567. The molecule has 0 amide bonds. The van der Waals surface area contributed by atoms with E-state index in [0.717, 1.165) is 15.4 Å². The number of hydrogen-bond donors (Lipinski definition) is 1. The molecule has 2 aromatic rings. The molecule has 1 heterocycles. The Balaban J connectivity index is 2.34. The predicted molar refractivity (Wildman–Crippen MR) is 70.8 cm³/mol. The number of anilines is 1. The number of aromatic nitrogens is 1. The van der Waals surface area contributed by atoms with Crippen LogP contribution in [0.5, 0.6) is 0 Å². The van der Waals surface area contributed by atoms with E-state index in [1.807, 2.05) is 6.92 Å². The normalized spacial score (nSPS) is 11.0. The molecule has 0 spiro atoms. The maximum atomic E-state index is 5.76. The van der Waals surface area contributed by atoms with Gasteiger partial charge in [-0.2, -0.15) is 0 Å². The number of nitrogen functional groups attached to an aromatic ring is 1. The fourth-order valence-electron chi connectivity index (χ4n) is 1.54. The first-order valence-corrected chi connectivity index (χ1v) is 6.23. The average molecular weight is 232 g/mol. The van der Waals surface area contributed by atoms with E-state index in [4.69, 9.17) is 5.73 Å². The van der Waals surface area contributed by atoms with Crippen LogP contribution in [0.25, 0.3) is 10.6 Å². The first kappa shape index (κ1) is 11.1. The molecular formula is C13H16N2S. The van der Waals surface area contributed by atoms with Crippen LogP contribution in [-0.4, -0.2) is 4.98 Å². The highest BCUT2D eigenvalue weighted by atomic mass is 32.1. The largest absolute Gasteiger partial charge is 0.383 e. The molecule has 0 aliphatic rings. The molecule has 0 aliphatic carbocycles. The molecule has 0 unspecified atom stereocenters. The van der Waals surface area contributed by atoms with Crippen LogP contribution in [0.4, 0.5) is 5.82 Å². The summed E-state index contributed by atoms with van der Waals surface area (Å²) in [7, 11) is 0. The number of nitrogens with two attached hydrogens (primary N) is 1. The molecule has 2 N–H and O–H groups in total. The minimum absolute atomic E-state index is 0.567. The Bertz CT molecular complexity index is 464. The predicted octanol–water partition coefficient (Wildman–Crippen LogP) is 3.82. The zero-order valence-corrected chi connectivity index (χ0v) is 10.6. The summed E-state index contributed by atoms with van der Waals surface area (Å²) in [5, 5.41) is 1.00. The van der Waals surface area contributed by atoms with E-state index in [1.165, 1.54) is 5.56 Å². The number of thiazole rings is 1. The van der Waals surface area contributed by atoms with E-state index in [2.05, 4.69) is 43.1 Å². The van der Waals surface area contributed by atoms with Gasteiger partial charge in [0.25, 0.3) is 0 Å². The van der Waals surface area contributed by atoms with Gasteiger partial charge in [0.05, 0.1) is 0 Å². The molecule has 1 aromatic carbocycles. The lowest BCUT2D eigenvalue weighted by Crippen LogP contribution is -1.87. The van der Waals surface area contributed by atoms with Crippen molar-refractivity contribution < 1.29 is 0 Å². The van der Waals surface area contributed by atoms with Gasteiger partial charge in [-0.05, 0) is 18.4 Å². The maximum Gasteiger partial charge on any atom is 0.138 e. The van der Waals surface area contributed by atoms with Gasteiger partial charge in [-0.1, -0.05) is 38.1 Å². The van der Waals surface area contributed by atoms with Crippen LogP contribution >= 0.6 is 11.3 Å². The van der Waals surface area contributed by atoms with Crippen LogP contribution in [0.15, 0.2) is 24.3 Å². The van der Waals surface area contributed by atoms with E-state index in [1.54, 1.807) is 11.3 Å².